The number of anilines is 1. The monoisotopic (exact) mass is 459 g/mol. The molecule has 1 fully saturated rings. The molecule has 0 aliphatic heterocycles. The number of fused-ring (bicyclic) bond motifs is 3. The van der Waals surface area contributed by atoms with Crippen LogP contribution in [0.2, 0.25) is 0 Å². The molecule has 0 bridgehead atoms. The van der Waals surface area contributed by atoms with Crippen LogP contribution in [0.3, 0.4) is 0 Å². The van der Waals surface area contributed by atoms with Crippen LogP contribution in [0.5, 0.6) is 5.75 Å². The number of aliphatic hydroxyl groups excluding tert-OH is 1. The van der Waals surface area contributed by atoms with E-state index >= 15 is 0 Å². The van der Waals surface area contributed by atoms with Gasteiger partial charge in [0.25, 0.3) is 5.91 Å². The minimum absolute atomic E-state index is 0.00862. The molecule has 0 radical (unpaired) electrons. The summed E-state index contributed by atoms with van der Waals surface area (Å²) in [6.07, 6.45) is 0.484. The number of ketones is 2. The second kappa shape index (κ2) is 7.54. The number of likely N-dealkylation sites (N-methyl/N-ethyl adjacent to an activating group) is 1. The van der Waals surface area contributed by atoms with Crippen molar-refractivity contribution in [1.82, 2.24) is 4.90 Å². The van der Waals surface area contributed by atoms with Gasteiger partial charge in [0.15, 0.2) is 17.4 Å². The lowest BCUT2D eigenvalue weighted by Crippen LogP contribution is -2.66. The van der Waals surface area contributed by atoms with E-state index in [1.807, 2.05) is 4.90 Å². The van der Waals surface area contributed by atoms with Crippen LogP contribution in [0.15, 0.2) is 23.5 Å². The van der Waals surface area contributed by atoms with E-state index in [2.05, 4.69) is 0 Å². The molecule has 3 aliphatic carbocycles. The third-order valence-corrected chi connectivity index (χ3v) is 7.41. The Hall–Kier alpha value is -2.95. The highest BCUT2D eigenvalue weighted by molar-refractivity contribution is 6.21. The second-order valence-corrected chi connectivity index (χ2v) is 9.72. The van der Waals surface area contributed by atoms with Crippen LogP contribution in [-0.4, -0.2) is 82.8 Å². The molecule has 5 atom stereocenters. The summed E-state index contributed by atoms with van der Waals surface area (Å²) in [6.45, 7) is 0. The summed E-state index contributed by atoms with van der Waals surface area (Å²) < 4.78 is 0. The van der Waals surface area contributed by atoms with Gasteiger partial charge in [0.2, 0.25) is 0 Å². The van der Waals surface area contributed by atoms with Gasteiger partial charge in [-0.1, -0.05) is 0 Å². The molecule has 1 aromatic carbocycles. The van der Waals surface area contributed by atoms with Crippen molar-refractivity contribution in [2.45, 2.75) is 24.7 Å². The topological polar surface area (TPSA) is 165 Å². The van der Waals surface area contributed by atoms with Gasteiger partial charge in [0.05, 0.1) is 23.4 Å². The average molecular weight is 459 g/mol. The van der Waals surface area contributed by atoms with Crippen molar-refractivity contribution < 1.29 is 34.8 Å². The number of hydrogen-bond donors (Lipinski definition) is 5. The van der Waals surface area contributed by atoms with Crippen LogP contribution in [0, 0.1) is 23.7 Å². The van der Waals surface area contributed by atoms with Crippen LogP contribution >= 0.6 is 0 Å². The van der Waals surface area contributed by atoms with Crippen molar-refractivity contribution in [2.24, 2.45) is 29.4 Å². The van der Waals surface area contributed by atoms with Gasteiger partial charge < -0.3 is 31.1 Å². The molecule has 178 valence electrons. The number of carbonyl (C=O) groups is 3. The van der Waals surface area contributed by atoms with Crippen molar-refractivity contribution in [2.75, 3.05) is 33.1 Å². The summed E-state index contributed by atoms with van der Waals surface area (Å²) in [5.41, 5.74) is 6.00. The first-order valence-corrected chi connectivity index (χ1v) is 10.7. The molecule has 0 spiro atoms. The fraction of sp³-hybridized carbons (Fsp3) is 0.522. The molecule has 33 heavy (non-hydrogen) atoms. The zero-order valence-electron chi connectivity index (χ0n) is 18.9. The average Bonchev–Trinajstić information content (AvgIpc) is 2.65. The molecule has 1 saturated carbocycles. The van der Waals surface area contributed by atoms with E-state index in [4.69, 9.17) is 5.73 Å². The SMILES string of the molecule is CN(C)c1ccc(O)c2c1CC1CC3C(C(=O)C(C(N)=O)=C(O)[C@H]3N(C)C)C(O)(O)C1C2=O. The van der Waals surface area contributed by atoms with Crippen molar-refractivity contribution >= 4 is 23.2 Å². The van der Waals surface area contributed by atoms with Gasteiger partial charge >= 0.3 is 0 Å². The van der Waals surface area contributed by atoms with E-state index in [1.54, 1.807) is 39.2 Å². The lowest BCUT2D eigenvalue weighted by atomic mass is 9.54. The number of Topliss-reactive ketones (excluding diaryl/α,β-unsaturated/α-hetero) is 2. The first-order valence-electron chi connectivity index (χ1n) is 10.7. The zero-order valence-corrected chi connectivity index (χ0v) is 18.9. The highest BCUT2D eigenvalue weighted by Crippen LogP contribution is 2.55. The van der Waals surface area contributed by atoms with Gasteiger partial charge in [0.1, 0.15) is 17.1 Å². The summed E-state index contributed by atoms with van der Waals surface area (Å²) in [6, 6.07) is 2.21. The quantitative estimate of drug-likeness (QED) is 0.297. The Morgan fingerprint density at radius 3 is 2.24 bits per heavy atom. The lowest BCUT2D eigenvalue weighted by molar-refractivity contribution is -0.262. The summed E-state index contributed by atoms with van der Waals surface area (Å²) in [5.74, 6) is -10.7. The standard InChI is InChI=1S/C23H29N3O7/c1-25(2)12-5-6-13(27)14-10(12)7-9-8-11-17(23(32,33)16(9)19(14)28)20(29)15(22(24)31)21(30)18(11)26(3)4/h5-6,9,11,16-18,27,30,32-33H,7-8H2,1-4H3,(H2,24,31)/t9?,11?,16?,17?,18-/m0/s1. The molecule has 10 nitrogen and oxygen atoms in total. The Morgan fingerprint density at radius 2 is 1.70 bits per heavy atom. The number of phenolic OH excluding ortho intramolecular Hbond substituents is 1. The third-order valence-electron chi connectivity index (χ3n) is 7.41. The first-order chi connectivity index (χ1) is 15.3. The van der Waals surface area contributed by atoms with Gasteiger partial charge in [0, 0.05) is 19.8 Å². The molecular weight excluding hydrogens is 430 g/mol. The zero-order chi connectivity index (χ0) is 24.6. The van der Waals surface area contributed by atoms with Crippen LogP contribution in [0.25, 0.3) is 0 Å². The van der Waals surface area contributed by atoms with E-state index in [0.29, 0.717) is 5.56 Å². The number of nitrogens with zero attached hydrogens (tertiary/aromatic N) is 2. The highest BCUT2D eigenvalue weighted by atomic mass is 16.5. The van der Waals surface area contributed by atoms with Gasteiger partial charge in [-0.3, -0.25) is 19.3 Å². The van der Waals surface area contributed by atoms with Crippen molar-refractivity contribution in [3.05, 3.63) is 34.6 Å². The summed E-state index contributed by atoms with van der Waals surface area (Å²) in [7, 11) is 6.88. The summed E-state index contributed by atoms with van der Waals surface area (Å²) >= 11 is 0. The number of rotatable bonds is 3. The van der Waals surface area contributed by atoms with Crippen LogP contribution < -0.4 is 10.6 Å². The molecule has 10 heteroatoms. The number of aliphatic hydroxyl groups is 3. The number of primary amides is 1. The van der Waals surface area contributed by atoms with E-state index in [-0.39, 0.29) is 24.2 Å². The van der Waals surface area contributed by atoms with Crippen LogP contribution in [0.4, 0.5) is 5.69 Å². The molecule has 0 heterocycles. The maximum atomic E-state index is 13.6. The normalized spacial score (nSPS) is 30.6. The molecule has 1 aromatic rings. The van der Waals surface area contributed by atoms with Crippen molar-refractivity contribution in [3.63, 3.8) is 0 Å². The lowest BCUT2D eigenvalue weighted by Gasteiger charge is -2.54. The number of hydrogen-bond acceptors (Lipinski definition) is 9. The Labute approximate surface area is 190 Å². The predicted molar refractivity (Wildman–Crippen MR) is 118 cm³/mol. The fourth-order valence-corrected chi connectivity index (χ4v) is 6.23. The third kappa shape index (κ3) is 3.16. The molecule has 0 saturated heterocycles. The second-order valence-electron chi connectivity index (χ2n) is 9.72. The van der Waals surface area contributed by atoms with Crippen molar-refractivity contribution in [1.29, 1.82) is 0 Å². The molecule has 3 aliphatic rings. The van der Waals surface area contributed by atoms with Gasteiger partial charge in [-0.05, 0) is 56.5 Å². The largest absolute Gasteiger partial charge is 0.510 e. The fourth-order valence-electron chi connectivity index (χ4n) is 6.23. The van der Waals surface area contributed by atoms with Gasteiger partial charge in [-0.15, -0.1) is 0 Å². The van der Waals surface area contributed by atoms with Crippen molar-refractivity contribution in [3.8, 4) is 5.75 Å². The number of nitrogens with two attached hydrogens (primary N) is 1. The summed E-state index contributed by atoms with van der Waals surface area (Å²) in [5, 5.41) is 43.9. The highest BCUT2D eigenvalue weighted by Gasteiger charge is 2.65. The number of aromatic hydroxyl groups is 1. The van der Waals surface area contributed by atoms with E-state index in [0.717, 1.165) is 5.69 Å². The molecule has 6 N–H and O–H groups in total. The van der Waals surface area contributed by atoms with Gasteiger partial charge in [-0.25, -0.2) is 0 Å². The predicted octanol–water partition coefficient (Wildman–Crippen LogP) is -0.443. The number of amides is 1. The first kappa shape index (κ1) is 23.2. The van der Waals surface area contributed by atoms with Crippen LogP contribution in [-0.2, 0) is 16.0 Å². The molecule has 1 amide bonds. The Bertz CT molecular complexity index is 1090. The maximum Gasteiger partial charge on any atom is 0.255 e. The minimum atomic E-state index is -2.81. The Balaban J connectivity index is 1.90. The van der Waals surface area contributed by atoms with Gasteiger partial charge in [-0.2, -0.15) is 0 Å². The Kier molecular flexibility index (Phi) is 5.31. The molecule has 0 aromatic heterocycles. The van der Waals surface area contributed by atoms with E-state index in [9.17, 15) is 34.8 Å². The van der Waals surface area contributed by atoms with E-state index < -0.39 is 64.3 Å². The van der Waals surface area contributed by atoms with Crippen LogP contribution in [0.1, 0.15) is 22.3 Å². The maximum absolute atomic E-state index is 13.6. The molecule has 4 unspecified atom stereocenters. The van der Waals surface area contributed by atoms with E-state index in [1.165, 1.54) is 6.07 Å². The number of carbonyl (C=O) groups excluding carboxylic acids is 3. The number of benzene rings is 1. The molecular formula is C23H29N3O7. The number of phenols is 1. The minimum Gasteiger partial charge on any atom is -0.510 e. The molecule has 4 rings (SSSR count). The smallest absolute Gasteiger partial charge is 0.255 e. The summed E-state index contributed by atoms with van der Waals surface area (Å²) in [4.78, 5) is 42.2. The Morgan fingerprint density at radius 1 is 1.06 bits per heavy atom.